The maximum absolute atomic E-state index is 10.5. The molecule has 1 nitrogen and oxygen atoms in total. The van der Waals surface area contributed by atoms with E-state index in [0.717, 1.165) is 12.7 Å². The molecule has 0 aliphatic rings. The molecule has 0 unspecified atom stereocenters. The third-order valence-corrected chi connectivity index (χ3v) is 1.79. The number of hydrogen-bond acceptors (Lipinski definition) is 1. The third kappa shape index (κ3) is 2.35. The largest absolute Gasteiger partial charge is 0.303 e. The maximum Gasteiger partial charge on any atom is 0.127 e. The Labute approximate surface area is 72.7 Å². The van der Waals surface area contributed by atoms with E-state index in [1.807, 2.05) is 30.3 Å². The van der Waals surface area contributed by atoms with E-state index in [1.165, 1.54) is 5.56 Å². The van der Waals surface area contributed by atoms with Crippen molar-refractivity contribution in [1.82, 2.24) is 0 Å². The molecule has 0 heterocycles. The number of aldehydes is 1. The molecular formula is C11H12O. The number of benzene rings is 1. The molecule has 0 aliphatic carbocycles. The van der Waals surface area contributed by atoms with Gasteiger partial charge in [0.25, 0.3) is 0 Å². The van der Waals surface area contributed by atoms with E-state index < -0.39 is 0 Å². The molecule has 0 aliphatic heterocycles. The molecule has 0 saturated heterocycles. The van der Waals surface area contributed by atoms with E-state index in [4.69, 9.17) is 0 Å². The van der Waals surface area contributed by atoms with Crippen LogP contribution in [0.5, 0.6) is 0 Å². The second kappa shape index (κ2) is 4.50. The summed E-state index contributed by atoms with van der Waals surface area (Å²) in [5, 5.41) is 0. The minimum Gasteiger partial charge on any atom is -0.303 e. The van der Waals surface area contributed by atoms with Gasteiger partial charge in [-0.3, -0.25) is 0 Å². The Morgan fingerprint density at radius 2 is 2.00 bits per heavy atom. The normalized spacial score (nSPS) is 12.0. The van der Waals surface area contributed by atoms with Crippen LogP contribution in [0.25, 0.3) is 0 Å². The first-order valence-electron chi connectivity index (χ1n) is 3.98. The molecule has 0 N–H and O–H groups in total. The van der Waals surface area contributed by atoms with E-state index >= 15 is 0 Å². The molecule has 62 valence electrons. The van der Waals surface area contributed by atoms with Crippen molar-refractivity contribution in [3.63, 3.8) is 0 Å². The fraction of sp³-hybridized carbons (Fsp3) is 0.182. The Balaban J connectivity index is 2.62. The summed E-state index contributed by atoms with van der Waals surface area (Å²) in [6.07, 6.45) is 3.37. The average molecular weight is 160 g/mol. The van der Waals surface area contributed by atoms with E-state index in [2.05, 4.69) is 6.58 Å². The minimum atomic E-state index is -0.0487. The van der Waals surface area contributed by atoms with Crippen LogP contribution in [0.15, 0.2) is 43.0 Å². The van der Waals surface area contributed by atoms with Crippen LogP contribution >= 0.6 is 0 Å². The van der Waals surface area contributed by atoms with Crippen LogP contribution in [-0.2, 0) is 11.2 Å². The van der Waals surface area contributed by atoms with E-state index in [1.54, 1.807) is 6.08 Å². The highest BCUT2D eigenvalue weighted by Crippen LogP contribution is 2.06. The maximum atomic E-state index is 10.5. The second-order valence-electron chi connectivity index (χ2n) is 2.73. The van der Waals surface area contributed by atoms with Crippen molar-refractivity contribution in [3.05, 3.63) is 48.6 Å². The van der Waals surface area contributed by atoms with Gasteiger partial charge >= 0.3 is 0 Å². The number of rotatable bonds is 4. The molecule has 0 spiro atoms. The number of carbonyl (C=O) groups is 1. The van der Waals surface area contributed by atoms with Gasteiger partial charge in [-0.15, -0.1) is 6.58 Å². The van der Waals surface area contributed by atoms with Crippen molar-refractivity contribution < 1.29 is 4.79 Å². The summed E-state index contributed by atoms with van der Waals surface area (Å²) in [7, 11) is 0. The van der Waals surface area contributed by atoms with Gasteiger partial charge in [-0.2, -0.15) is 0 Å². The van der Waals surface area contributed by atoms with Crippen LogP contribution in [0.1, 0.15) is 5.56 Å². The zero-order valence-electron chi connectivity index (χ0n) is 6.94. The Bertz CT molecular complexity index is 243. The molecule has 0 aromatic heterocycles. The molecule has 1 aromatic carbocycles. The molecule has 0 fully saturated rings. The van der Waals surface area contributed by atoms with Crippen molar-refractivity contribution >= 4 is 6.29 Å². The fourth-order valence-corrected chi connectivity index (χ4v) is 1.07. The highest BCUT2D eigenvalue weighted by atomic mass is 16.1. The quantitative estimate of drug-likeness (QED) is 0.487. The zero-order valence-corrected chi connectivity index (χ0v) is 6.94. The Morgan fingerprint density at radius 3 is 2.50 bits per heavy atom. The predicted molar refractivity (Wildman–Crippen MR) is 49.9 cm³/mol. The SMILES string of the molecule is C=C[C@H](C=O)Cc1ccccc1. The summed E-state index contributed by atoms with van der Waals surface area (Å²) < 4.78 is 0. The Kier molecular flexibility index (Phi) is 3.27. The number of carbonyl (C=O) groups excluding carboxylic acids is 1. The van der Waals surface area contributed by atoms with Crippen molar-refractivity contribution in [2.24, 2.45) is 5.92 Å². The van der Waals surface area contributed by atoms with Crippen LogP contribution in [0, 0.1) is 5.92 Å². The van der Waals surface area contributed by atoms with Gasteiger partial charge in [-0.25, -0.2) is 0 Å². The van der Waals surface area contributed by atoms with Gasteiger partial charge in [-0.1, -0.05) is 36.4 Å². The van der Waals surface area contributed by atoms with Gasteiger partial charge in [0.1, 0.15) is 6.29 Å². The molecule has 12 heavy (non-hydrogen) atoms. The van der Waals surface area contributed by atoms with Crippen molar-refractivity contribution in [2.45, 2.75) is 6.42 Å². The molecule has 0 saturated carbocycles. The first-order chi connectivity index (χ1) is 5.86. The summed E-state index contributed by atoms with van der Waals surface area (Å²) in [4.78, 5) is 10.5. The highest BCUT2D eigenvalue weighted by Gasteiger charge is 2.01. The van der Waals surface area contributed by atoms with E-state index in [9.17, 15) is 4.79 Å². The van der Waals surface area contributed by atoms with Gasteiger partial charge in [0.05, 0.1) is 0 Å². The van der Waals surface area contributed by atoms with Crippen LogP contribution in [-0.4, -0.2) is 6.29 Å². The van der Waals surface area contributed by atoms with Crippen LogP contribution < -0.4 is 0 Å². The van der Waals surface area contributed by atoms with Gasteiger partial charge < -0.3 is 4.79 Å². The van der Waals surface area contributed by atoms with Gasteiger partial charge in [-0.05, 0) is 12.0 Å². The Hall–Kier alpha value is -1.37. The summed E-state index contributed by atoms with van der Waals surface area (Å²) in [6, 6.07) is 9.94. The van der Waals surface area contributed by atoms with Crippen LogP contribution in [0.2, 0.25) is 0 Å². The minimum absolute atomic E-state index is 0.0487. The lowest BCUT2D eigenvalue weighted by Gasteiger charge is -2.03. The first-order valence-corrected chi connectivity index (χ1v) is 3.98. The summed E-state index contributed by atoms with van der Waals surface area (Å²) in [5.74, 6) is -0.0487. The lowest BCUT2D eigenvalue weighted by molar-refractivity contribution is -0.109. The van der Waals surface area contributed by atoms with Crippen LogP contribution in [0.4, 0.5) is 0 Å². The molecule has 0 amide bonds. The Morgan fingerprint density at radius 1 is 1.33 bits per heavy atom. The summed E-state index contributed by atoms with van der Waals surface area (Å²) in [5.41, 5.74) is 1.18. The summed E-state index contributed by atoms with van der Waals surface area (Å²) >= 11 is 0. The zero-order chi connectivity index (χ0) is 8.81. The molecule has 1 rings (SSSR count). The fourth-order valence-electron chi connectivity index (χ4n) is 1.07. The molecule has 0 bridgehead atoms. The topological polar surface area (TPSA) is 17.1 Å². The van der Waals surface area contributed by atoms with Gasteiger partial charge in [0.2, 0.25) is 0 Å². The van der Waals surface area contributed by atoms with Gasteiger partial charge in [0, 0.05) is 5.92 Å². The lowest BCUT2D eigenvalue weighted by Crippen LogP contribution is -2.01. The third-order valence-electron chi connectivity index (χ3n) is 1.79. The van der Waals surface area contributed by atoms with Crippen molar-refractivity contribution in [3.8, 4) is 0 Å². The molecule has 1 atom stereocenters. The smallest absolute Gasteiger partial charge is 0.127 e. The number of hydrogen-bond donors (Lipinski definition) is 0. The first kappa shape index (κ1) is 8.72. The van der Waals surface area contributed by atoms with E-state index in [0.29, 0.717) is 0 Å². The monoisotopic (exact) mass is 160 g/mol. The number of allylic oxidation sites excluding steroid dienone is 1. The van der Waals surface area contributed by atoms with E-state index in [-0.39, 0.29) is 5.92 Å². The average Bonchev–Trinajstić information content (AvgIpc) is 2.16. The van der Waals surface area contributed by atoms with Crippen LogP contribution in [0.3, 0.4) is 0 Å². The van der Waals surface area contributed by atoms with Crippen molar-refractivity contribution in [1.29, 1.82) is 0 Å². The van der Waals surface area contributed by atoms with Gasteiger partial charge in [0.15, 0.2) is 0 Å². The molecule has 1 aromatic rings. The second-order valence-corrected chi connectivity index (χ2v) is 2.73. The lowest BCUT2D eigenvalue weighted by atomic mass is 10.0. The molecular weight excluding hydrogens is 148 g/mol. The standard InChI is InChI=1S/C11H12O/c1-2-10(9-12)8-11-6-4-3-5-7-11/h2-7,9-10H,1,8H2/t10-/m0/s1. The van der Waals surface area contributed by atoms with Crippen molar-refractivity contribution in [2.75, 3.05) is 0 Å². The highest BCUT2D eigenvalue weighted by molar-refractivity contribution is 5.57. The predicted octanol–water partition coefficient (Wildman–Crippen LogP) is 2.23. The summed E-state index contributed by atoms with van der Waals surface area (Å²) in [6.45, 7) is 3.60. The molecule has 1 heteroatoms. The molecule has 0 radical (unpaired) electrons.